The van der Waals surface area contributed by atoms with Crippen molar-refractivity contribution in [3.8, 4) is 0 Å². The van der Waals surface area contributed by atoms with Gasteiger partial charge in [-0.1, -0.05) is 12.1 Å². The molecule has 1 aromatic carbocycles. The highest BCUT2D eigenvalue weighted by molar-refractivity contribution is 6.01. The van der Waals surface area contributed by atoms with Crippen molar-refractivity contribution >= 4 is 17.7 Å². The molecule has 18 heavy (non-hydrogen) atoms. The highest BCUT2D eigenvalue weighted by Crippen LogP contribution is 2.19. The average molecular weight is 247 g/mol. The smallest absolute Gasteiger partial charge is 0.326 e. The fraction of sp³-hybridized carbons (Fsp3) is 0.385. The first kappa shape index (κ1) is 12.4. The first-order chi connectivity index (χ1) is 8.50. The number of nitrogens with zero attached hydrogens (tertiary/aromatic N) is 2. The van der Waals surface area contributed by atoms with E-state index in [4.69, 9.17) is 0 Å². The van der Waals surface area contributed by atoms with Gasteiger partial charge in [-0.3, -0.25) is 0 Å². The van der Waals surface area contributed by atoms with Crippen molar-refractivity contribution in [2.75, 3.05) is 25.5 Å². The Kier molecular flexibility index (Phi) is 3.23. The van der Waals surface area contributed by atoms with E-state index >= 15 is 0 Å². The van der Waals surface area contributed by atoms with E-state index in [2.05, 4.69) is 5.32 Å². The van der Waals surface area contributed by atoms with E-state index in [0.717, 1.165) is 16.8 Å². The lowest BCUT2D eigenvalue weighted by molar-refractivity contribution is 0.195. The Morgan fingerprint density at radius 2 is 2.00 bits per heavy atom. The van der Waals surface area contributed by atoms with Crippen LogP contribution in [0.3, 0.4) is 0 Å². The maximum absolute atomic E-state index is 12.0. The van der Waals surface area contributed by atoms with Crippen molar-refractivity contribution in [3.63, 3.8) is 0 Å². The number of rotatable bonds is 1. The number of urea groups is 2. The second kappa shape index (κ2) is 4.68. The van der Waals surface area contributed by atoms with Crippen molar-refractivity contribution in [1.82, 2.24) is 9.80 Å². The summed E-state index contributed by atoms with van der Waals surface area (Å²) in [6.07, 6.45) is 0. The molecular formula is C13H17N3O2. The zero-order valence-electron chi connectivity index (χ0n) is 10.9. The number of likely N-dealkylation sites (N-methyl/N-ethyl adjacent to an activating group) is 1. The SMILES string of the molecule is Cc1cccc(NC(=O)N2CCN(C)C2=O)c1C. The molecule has 2 rings (SSSR count). The number of benzene rings is 1. The van der Waals surface area contributed by atoms with Crippen LogP contribution in [0.4, 0.5) is 15.3 Å². The molecule has 1 fully saturated rings. The van der Waals surface area contributed by atoms with E-state index in [0.29, 0.717) is 13.1 Å². The molecule has 1 aromatic rings. The van der Waals surface area contributed by atoms with Crippen molar-refractivity contribution in [1.29, 1.82) is 0 Å². The molecule has 0 bridgehead atoms. The molecule has 1 saturated heterocycles. The van der Waals surface area contributed by atoms with Gasteiger partial charge in [0, 0.05) is 25.8 Å². The van der Waals surface area contributed by atoms with Gasteiger partial charge in [0.05, 0.1) is 0 Å². The summed E-state index contributed by atoms with van der Waals surface area (Å²) in [7, 11) is 1.69. The van der Waals surface area contributed by atoms with Gasteiger partial charge in [0.15, 0.2) is 0 Å². The zero-order valence-corrected chi connectivity index (χ0v) is 10.9. The van der Waals surface area contributed by atoms with E-state index in [-0.39, 0.29) is 12.1 Å². The Balaban J connectivity index is 2.12. The second-order valence-corrected chi connectivity index (χ2v) is 4.53. The summed E-state index contributed by atoms with van der Waals surface area (Å²) >= 11 is 0. The van der Waals surface area contributed by atoms with Gasteiger partial charge in [0.25, 0.3) is 0 Å². The van der Waals surface area contributed by atoms with Crippen LogP contribution in [0.15, 0.2) is 18.2 Å². The lowest BCUT2D eigenvalue weighted by atomic mass is 10.1. The number of anilines is 1. The molecular weight excluding hydrogens is 230 g/mol. The number of hydrogen-bond acceptors (Lipinski definition) is 2. The van der Waals surface area contributed by atoms with Crippen LogP contribution in [-0.2, 0) is 0 Å². The van der Waals surface area contributed by atoms with Crippen molar-refractivity contribution < 1.29 is 9.59 Å². The number of aryl methyl sites for hydroxylation is 1. The van der Waals surface area contributed by atoms with Gasteiger partial charge >= 0.3 is 12.1 Å². The molecule has 1 aliphatic heterocycles. The molecule has 5 heteroatoms. The van der Waals surface area contributed by atoms with E-state index in [1.807, 2.05) is 32.0 Å². The van der Waals surface area contributed by atoms with Crippen molar-refractivity contribution in [3.05, 3.63) is 29.3 Å². The summed E-state index contributed by atoms with van der Waals surface area (Å²) in [5, 5.41) is 2.78. The van der Waals surface area contributed by atoms with Gasteiger partial charge < -0.3 is 10.2 Å². The topological polar surface area (TPSA) is 52.7 Å². The molecule has 1 N–H and O–H groups in total. The van der Waals surface area contributed by atoms with Gasteiger partial charge in [0.2, 0.25) is 0 Å². The van der Waals surface area contributed by atoms with E-state index < -0.39 is 0 Å². The molecule has 4 amide bonds. The number of hydrogen-bond donors (Lipinski definition) is 1. The van der Waals surface area contributed by atoms with Gasteiger partial charge in [-0.25, -0.2) is 14.5 Å². The Bertz CT molecular complexity index is 499. The highest BCUT2D eigenvalue weighted by atomic mass is 16.2. The third kappa shape index (κ3) is 2.16. The third-order valence-electron chi connectivity index (χ3n) is 3.31. The zero-order chi connectivity index (χ0) is 13.3. The fourth-order valence-electron chi connectivity index (χ4n) is 1.90. The summed E-state index contributed by atoms with van der Waals surface area (Å²) in [5.74, 6) is 0. The Morgan fingerprint density at radius 1 is 1.28 bits per heavy atom. The average Bonchev–Trinajstić information content (AvgIpc) is 2.66. The molecule has 1 heterocycles. The molecule has 0 unspecified atom stereocenters. The molecule has 0 atom stereocenters. The van der Waals surface area contributed by atoms with Crippen LogP contribution in [0.1, 0.15) is 11.1 Å². The van der Waals surface area contributed by atoms with Gasteiger partial charge in [0.1, 0.15) is 0 Å². The van der Waals surface area contributed by atoms with Crippen LogP contribution < -0.4 is 5.32 Å². The van der Waals surface area contributed by atoms with Crippen LogP contribution in [0.2, 0.25) is 0 Å². The van der Waals surface area contributed by atoms with Crippen LogP contribution in [0.5, 0.6) is 0 Å². The summed E-state index contributed by atoms with van der Waals surface area (Å²) in [4.78, 5) is 26.4. The summed E-state index contributed by atoms with van der Waals surface area (Å²) in [6.45, 7) is 4.95. The third-order valence-corrected chi connectivity index (χ3v) is 3.31. The molecule has 1 aliphatic rings. The van der Waals surface area contributed by atoms with Crippen LogP contribution in [0.25, 0.3) is 0 Å². The molecule has 96 valence electrons. The Labute approximate surface area is 106 Å². The lowest BCUT2D eigenvalue weighted by Crippen LogP contribution is -2.38. The molecule has 0 spiro atoms. The predicted molar refractivity (Wildman–Crippen MR) is 69.7 cm³/mol. The van der Waals surface area contributed by atoms with E-state index in [1.165, 1.54) is 9.80 Å². The fourth-order valence-corrected chi connectivity index (χ4v) is 1.90. The normalized spacial score (nSPS) is 15.2. The van der Waals surface area contributed by atoms with Gasteiger partial charge in [-0.2, -0.15) is 0 Å². The number of carbonyl (C=O) groups is 2. The molecule has 0 saturated carbocycles. The molecule has 0 aromatic heterocycles. The summed E-state index contributed by atoms with van der Waals surface area (Å²) in [5.41, 5.74) is 2.88. The standard InChI is InChI=1S/C13H17N3O2/c1-9-5-4-6-11(10(9)2)14-12(17)16-8-7-15(3)13(16)18/h4-6H,7-8H2,1-3H3,(H,14,17). The maximum Gasteiger partial charge on any atom is 0.330 e. The number of imide groups is 1. The number of amides is 4. The monoisotopic (exact) mass is 247 g/mol. The van der Waals surface area contributed by atoms with Gasteiger partial charge in [-0.05, 0) is 31.0 Å². The van der Waals surface area contributed by atoms with Crippen molar-refractivity contribution in [2.24, 2.45) is 0 Å². The predicted octanol–water partition coefficient (Wildman–Crippen LogP) is 2.20. The number of carbonyl (C=O) groups excluding carboxylic acids is 2. The minimum Gasteiger partial charge on any atom is -0.326 e. The minimum absolute atomic E-state index is 0.252. The quantitative estimate of drug-likeness (QED) is 0.827. The largest absolute Gasteiger partial charge is 0.330 e. The summed E-state index contributed by atoms with van der Waals surface area (Å²) < 4.78 is 0. The molecule has 5 nitrogen and oxygen atoms in total. The number of nitrogens with one attached hydrogen (secondary N) is 1. The van der Waals surface area contributed by atoms with E-state index in [9.17, 15) is 9.59 Å². The van der Waals surface area contributed by atoms with E-state index in [1.54, 1.807) is 7.05 Å². The lowest BCUT2D eigenvalue weighted by Gasteiger charge is -2.16. The second-order valence-electron chi connectivity index (χ2n) is 4.53. The minimum atomic E-state index is -0.363. The first-order valence-corrected chi connectivity index (χ1v) is 5.90. The van der Waals surface area contributed by atoms with Crippen LogP contribution in [-0.4, -0.2) is 42.0 Å². The Hall–Kier alpha value is -2.04. The molecule has 0 aliphatic carbocycles. The van der Waals surface area contributed by atoms with Gasteiger partial charge in [-0.15, -0.1) is 0 Å². The van der Waals surface area contributed by atoms with Crippen molar-refractivity contribution in [2.45, 2.75) is 13.8 Å². The maximum atomic E-state index is 12.0. The highest BCUT2D eigenvalue weighted by Gasteiger charge is 2.30. The Morgan fingerprint density at radius 3 is 2.61 bits per heavy atom. The van der Waals surface area contributed by atoms with Crippen LogP contribution >= 0.6 is 0 Å². The summed E-state index contributed by atoms with van der Waals surface area (Å²) in [6, 6.07) is 5.09. The molecule has 0 radical (unpaired) electrons. The van der Waals surface area contributed by atoms with Crippen LogP contribution in [0, 0.1) is 13.8 Å². The first-order valence-electron chi connectivity index (χ1n) is 5.90.